The van der Waals surface area contributed by atoms with Crippen molar-refractivity contribution in [2.24, 2.45) is 0 Å². The lowest BCUT2D eigenvalue weighted by atomic mass is 10.1. The fraction of sp³-hybridized carbons (Fsp3) is 1.00. The van der Waals surface area contributed by atoms with Crippen LogP contribution in [0.25, 0.3) is 0 Å². The fourth-order valence-corrected chi connectivity index (χ4v) is 3.67. The van der Waals surface area contributed by atoms with Crippen molar-refractivity contribution in [3.05, 3.63) is 0 Å². The lowest BCUT2D eigenvalue weighted by Gasteiger charge is -2.31. The van der Waals surface area contributed by atoms with E-state index >= 15 is 0 Å². The molecule has 0 aromatic carbocycles. The van der Waals surface area contributed by atoms with Crippen LogP contribution < -0.4 is 0 Å². The van der Waals surface area contributed by atoms with E-state index in [1.54, 1.807) is 7.11 Å². The van der Waals surface area contributed by atoms with Gasteiger partial charge in [-0.15, -0.1) is 0 Å². The molecule has 1 fully saturated rings. The zero-order chi connectivity index (χ0) is 11.9. The van der Waals surface area contributed by atoms with Gasteiger partial charge in [0, 0.05) is 26.8 Å². The Bertz CT molecular complexity index is 188. The van der Waals surface area contributed by atoms with Crippen molar-refractivity contribution >= 4 is 8.56 Å². The molecule has 0 aromatic rings. The van der Waals surface area contributed by atoms with Gasteiger partial charge in [-0.25, -0.2) is 0 Å². The molecule has 5 heteroatoms. The zero-order valence-corrected chi connectivity index (χ0v) is 11.6. The van der Waals surface area contributed by atoms with Crippen LogP contribution in [0.15, 0.2) is 0 Å². The number of hydrogen-bond acceptors (Lipinski definition) is 4. The normalized spacial score (nSPS) is 21.9. The van der Waals surface area contributed by atoms with Crippen LogP contribution in [-0.2, 0) is 8.85 Å². The molecule has 0 aromatic heterocycles. The van der Waals surface area contributed by atoms with Gasteiger partial charge in [-0.3, -0.25) is 4.90 Å². The molecular weight excluding hydrogens is 222 g/mol. The summed E-state index contributed by atoms with van der Waals surface area (Å²) in [6.07, 6.45) is 4.69. The van der Waals surface area contributed by atoms with E-state index in [-0.39, 0.29) is 6.61 Å². The Balaban J connectivity index is 2.25. The van der Waals surface area contributed by atoms with Crippen LogP contribution in [0.2, 0.25) is 12.6 Å². The number of hydrogen-bond donors (Lipinski definition) is 1. The van der Waals surface area contributed by atoms with Crippen LogP contribution in [0.5, 0.6) is 0 Å². The molecule has 0 aliphatic carbocycles. The summed E-state index contributed by atoms with van der Waals surface area (Å²) in [7, 11) is -0.308. The molecule has 1 rings (SSSR count). The quantitative estimate of drug-likeness (QED) is 0.693. The average Bonchev–Trinajstić information content (AvgIpc) is 2.35. The van der Waals surface area contributed by atoms with Crippen molar-refractivity contribution in [3.63, 3.8) is 0 Å². The largest absolute Gasteiger partial charge is 0.398 e. The minimum atomic E-state index is -2.03. The Kier molecular flexibility index (Phi) is 6.53. The lowest BCUT2D eigenvalue weighted by molar-refractivity contribution is 0.0739. The van der Waals surface area contributed by atoms with Gasteiger partial charge < -0.3 is 14.0 Å². The Labute approximate surface area is 99.8 Å². The highest BCUT2D eigenvalue weighted by molar-refractivity contribution is 6.65. The SMILES string of the molecule is CO[Si](C)(CCCO)OCN1CCCCC1. The van der Waals surface area contributed by atoms with Crippen molar-refractivity contribution in [3.8, 4) is 0 Å². The van der Waals surface area contributed by atoms with Gasteiger partial charge >= 0.3 is 8.56 Å². The summed E-state index contributed by atoms with van der Waals surface area (Å²) < 4.78 is 11.5. The van der Waals surface area contributed by atoms with E-state index in [9.17, 15) is 0 Å². The number of nitrogens with zero attached hydrogens (tertiary/aromatic N) is 1. The minimum Gasteiger partial charge on any atom is -0.398 e. The molecule has 0 spiro atoms. The predicted octanol–water partition coefficient (Wildman–Crippen LogP) is 1.55. The molecule has 0 saturated carbocycles. The van der Waals surface area contributed by atoms with Gasteiger partial charge in [-0.05, 0) is 31.9 Å². The summed E-state index contributed by atoms with van der Waals surface area (Å²) in [4.78, 5) is 2.35. The molecule has 0 amide bonds. The number of rotatable bonds is 7. The van der Waals surface area contributed by atoms with E-state index in [2.05, 4.69) is 11.4 Å². The first-order valence-corrected chi connectivity index (χ1v) is 8.75. The molecule has 1 aliphatic rings. The van der Waals surface area contributed by atoms with Crippen LogP contribution in [0.3, 0.4) is 0 Å². The maximum absolute atomic E-state index is 8.84. The van der Waals surface area contributed by atoms with E-state index in [0.29, 0.717) is 6.73 Å². The van der Waals surface area contributed by atoms with E-state index in [1.165, 1.54) is 19.3 Å². The van der Waals surface area contributed by atoms with Crippen LogP contribution in [0.1, 0.15) is 25.7 Å². The minimum absolute atomic E-state index is 0.221. The van der Waals surface area contributed by atoms with Crippen LogP contribution >= 0.6 is 0 Å². The Morgan fingerprint density at radius 1 is 1.25 bits per heavy atom. The van der Waals surface area contributed by atoms with Crippen molar-refractivity contribution in [2.75, 3.05) is 33.5 Å². The molecule has 1 heterocycles. The maximum Gasteiger partial charge on any atom is 0.335 e. The molecule has 4 nitrogen and oxygen atoms in total. The van der Waals surface area contributed by atoms with Crippen molar-refractivity contribution in [1.29, 1.82) is 0 Å². The third kappa shape index (κ3) is 4.93. The van der Waals surface area contributed by atoms with E-state index in [4.69, 9.17) is 14.0 Å². The summed E-state index contributed by atoms with van der Waals surface area (Å²) in [5.41, 5.74) is 0. The summed E-state index contributed by atoms with van der Waals surface area (Å²) in [6, 6.07) is 0.869. The Hall–Kier alpha value is 0.0569. The van der Waals surface area contributed by atoms with Crippen molar-refractivity contribution in [1.82, 2.24) is 4.90 Å². The topological polar surface area (TPSA) is 41.9 Å². The molecule has 1 N–H and O–H groups in total. The third-order valence-electron chi connectivity index (χ3n) is 3.22. The molecule has 0 bridgehead atoms. The van der Waals surface area contributed by atoms with Gasteiger partial charge in [-0.1, -0.05) is 6.42 Å². The van der Waals surface area contributed by atoms with Gasteiger partial charge in [0.2, 0.25) is 0 Å². The smallest absolute Gasteiger partial charge is 0.335 e. The number of likely N-dealkylation sites (tertiary alicyclic amines) is 1. The van der Waals surface area contributed by atoms with Gasteiger partial charge in [0.25, 0.3) is 0 Å². The summed E-state index contributed by atoms with van der Waals surface area (Å²) in [6.45, 7) is 5.29. The van der Waals surface area contributed by atoms with E-state index in [1.807, 2.05) is 0 Å². The third-order valence-corrected chi connectivity index (χ3v) is 6.09. The van der Waals surface area contributed by atoms with E-state index < -0.39 is 8.56 Å². The average molecular weight is 247 g/mol. The molecule has 96 valence electrons. The first kappa shape index (κ1) is 14.1. The highest BCUT2D eigenvalue weighted by atomic mass is 28.4. The zero-order valence-electron chi connectivity index (χ0n) is 10.6. The van der Waals surface area contributed by atoms with Gasteiger partial charge in [0.05, 0.1) is 6.73 Å². The van der Waals surface area contributed by atoms with Gasteiger partial charge in [-0.2, -0.15) is 0 Å². The molecule has 0 radical (unpaired) electrons. The molecule has 1 unspecified atom stereocenters. The van der Waals surface area contributed by atoms with Gasteiger partial charge in [0.1, 0.15) is 0 Å². The second kappa shape index (κ2) is 7.40. The number of piperidine rings is 1. The maximum atomic E-state index is 8.84. The van der Waals surface area contributed by atoms with E-state index in [0.717, 1.165) is 25.6 Å². The standard InChI is InChI=1S/C11H25NO3Si/c1-14-16(2,10-6-9-13)15-11-12-7-4-3-5-8-12/h13H,3-11H2,1-2H3. The predicted molar refractivity (Wildman–Crippen MR) is 66.5 cm³/mol. The molecular formula is C11H25NO3Si. The first-order chi connectivity index (χ1) is 7.70. The Morgan fingerprint density at radius 2 is 1.94 bits per heavy atom. The highest BCUT2D eigenvalue weighted by Crippen LogP contribution is 2.16. The van der Waals surface area contributed by atoms with Gasteiger partial charge in [0.15, 0.2) is 0 Å². The second-order valence-corrected chi connectivity index (χ2v) is 8.08. The Morgan fingerprint density at radius 3 is 2.50 bits per heavy atom. The molecule has 1 saturated heterocycles. The van der Waals surface area contributed by atoms with Crippen LogP contribution in [0, 0.1) is 0 Å². The lowest BCUT2D eigenvalue weighted by Crippen LogP contribution is -2.43. The summed E-state index contributed by atoms with van der Waals surface area (Å²) >= 11 is 0. The summed E-state index contributed by atoms with van der Waals surface area (Å²) in [5.74, 6) is 0. The summed E-state index contributed by atoms with van der Waals surface area (Å²) in [5, 5.41) is 8.84. The van der Waals surface area contributed by atoms with Crippen molar-refractivity contribution in [2.45, 2.75) is 38.3 Å². The molecule has 1 aliphatic heterocycles. The van der Waals surface area contributed by atoms with Crippen LogP contribution in [0.4, 0.5) is 0 Å². The second-order valence-electron chi connectivity index (χ2n) is 4.62. The first-order valence-electron chi connectivity index (χ1n) is 6.22. The fourth-order valence-electron chi connectivity index (χ4n) is 1.95. The highest BCUT2D eigenvalue weighted by Gasteiger charge is 2.30. The number of aliphatic hydroxyl groups is 1. The monoisotopic (exact) mass is 247 g/mol. The van der Waals surface area contributed by atoms with Crippen LogP contribution in [-0.4, -0.2) is 52.1 Å². The number of aliphatic hydroxyl groups excluding tert-OH is 1. The molecule has 1 atom stereocenters. The molecule has 16 heavy (non-hydrogen) atoms. The van der Waals surface area contributed by atoms with Crippen molar-refractivity contribution < 1.29 is 14.0 Å².